The molecule has 3 aromatic rings. The number of hydrogen-bond acceptors (Lipinski definition) is 2. The second-order valence-electron chi connectivity index (χ2n) is 16.4. The Bertz CT molecular complexity index is 2060. The Morgan fingerprint density at radius 1 is 0.818 bits per heavy atom. The standard InChI is InChI=1S/C53H57NO/c1-5-49(42-23-11-7-12-24-42)54-52(46-28-16-15-27-45(46)41-21-9-6-10-22-41)39(4)37(2)38(3)40-33-35-44(36-34-40)53(43-25-13-8-14-26-43)47-29-17-19-31-50(47)55-51-32-20-18-30-48(51)53/h5-17,19,21-27,29,31,33,35,37-38,46-51H,1,4,18,20,28,30,32,34,36H2,2-3H3/b54-52+/t37?,38?,46?,47?,48?,49-,50?,51?,53?/m1/s1. The summed E-state index contributed by atoms with van der Waals surface area (Å²) in [5.74, 6) is 1.38. The molecule has 55 heavy (non-hydrogen) atoms. The molecule has 8 rings (SSSR count). The third-order valence-electron chi connectivity index (χ3n) is 13.6. The van der Waals surface area contributed by atoms with Crippen molar-refractivity contribution in [3.63, 3.8) is 0 Å². The molecule has 1 saturated carbocycles. The van der Waals surface area contributed by atoms with Gasteiger partial charge in [-0.1, -0.05) is 196 Å². The topological polar surface area (TPSA) is 21.6 Å². The van der Waals surface area contributed by atoms with Gasteiger partial charge in [-0.2, -0.15) is 0 Å². The summed E-state index contributed by atoms with van der Waals surface area (Å²) in [6.45, 7) is 13.9. The van der Waals surface area contributed by atoms with E-state index < -0.39 is 0 Å². The molecular weight excluding hydrogens is 667 g/mol. The molecule has 5 aliphatic rings. The Morgan fingerprint density at radius 2 is 1.53 bits per heavy atom. The van der Waals surface area contributed by atoms with Crippen LogP contribution in [-0.4, -0.2) is 17.9 Å². The maximum Gasteiger partial charge on any atom is 0.0931 e. The highest BCUT2D eigenvalue weighted by Gasteiger charge is 2.57. The first kappa shape index (κ1) is 37.1. The summed E-state index contributed by atoms with van der Waals surface area (Å²) < 4.78 is 6.93. The number of ether oxygens (including phenoxy) is 1. The van der Waals surface area contributed by atoms with E-state index in [9.17, 15) is 0 Å². The van der Waals surface area contributed by atoms with Crippen LogP contribution in [0.25, 0.3) is 5.57 Å². The van der Waals surface area contributed by atoms with E-state index in [1.807, 2.05) is 6.08 Å². The lowest BCUT2D eigenvalue weighted by atomic mass is 9.50. The van der Waals surface area contributed by atoms with Crippen LogP contribution in [0.3, 0.4) is 0 Å². The van der Waals surface area contributed by atoms with Crippen LogP contribution in [0.2, 0.25) is 0 Å². The summed E-state index contributed by atoms with van der Waals surface area (Å²) >= 11 is 0. The maximum absolute atomic E-state index is 6.93. The average molecular weight is 724 g/mol. The van der Waals surface area contributed by atoms with Crippen LogP contribution < -0.4 is 0 Å². The molecule has 4 aliphatic carbocycles. The number of allylic oxidation sites excluding steroid dienone is 11. The molecule has 0 radical (unpaired) electrons. The van der Waals surface area contributed by atoms with Crippen LogP contribution in [-0.2, 0) is 10.2 Å². The van der Waals surface area contributed by atoms with E-state index in [0.717, 1.165) is 42.5 Å². The minimum Gasteiger partial charge on any atom is -0.370 e. The molecule has 0 aromatic heterocycles. The molecule has 3 aromatic carbocycles. The van der Waals surface area contributed by atoms with Gasteiger partial charge in [0.25, 0.3) is 0 Å². The number of nitrogens with zero attached hydrogens (tertiary/aromatic N) is 1. The van der Waals surface area contributed by atoms with Crippen molar-refractivity contribution in [3.8, 4) is 0 Å². The Labute approximate surface area is 330 Å². The van der Waals surface area contributed by atoms with Crippen LogP contribution in [0.4, 0.5) is 0 Å². The van der Waals surface area contributed by atoms with E-state index in [2.05, 4.69) is 166 Å². The van der Waals surface area contributed by atoms with Crippen LogP contribution in [0.5, 0.6) is 0 Å². The lowest BCUT2D eigenvalue weighted by Crippen LogP contribution is -2.59. The highest BCUT2D eigenvalue weighted by molar-refractivity contribution is 6.08. The number of rotatable bonds is 11. The van der Waals surface area contributed by atoms with Crippen molar-refractivity contribution in [1.82, 2.24) is 0 Å². The van der Waals surface area contributed by atoms with E-state index >= 15 is 0 Å². The molecule has 0 amide bonds. The summed E-state index contributed by atoms with van der Waals surface area (Å²) in [5, 5.41) is 0. The zero-order valence-corrected chi connectivity index (χ0v) is 32.8. The molecule has 1 heterocycles. The summed E-state index contributed by atoms with van der Waals surface area (Å²) in [4.78, 5) is 5.57. The number of fused-ring (bicyclic) bond motifs is 2. The molecule has 8 unspecified atom stereocenters. The normalized spacial score (nSPS) is 29.1. The summed E-state index contributed by atoms with van der Waals surface area (Å²) in [6, 6.07) is 32.7. The van der Waals surface area contributed by atoms with Gasteiger partial charge in [-0.15, -0.1) is 6.58 Å². The van der Waals surface area contributed by atoms with Crippen molar-refractivity contribution in [2.75, 3.05) is 0 Å². The van der Waals surface area contributed by atoms with Gasteiger partial charge in [-0.25, -0.2) is 0 Å². The molecule has 280 valence electrons. The summed E-state index contributed by atoms with van der Waals surface area (Å²) in [6.07, 6.45) is 31.3. The van der Waals surface area contributed by atoms with Crippen molar-refractivity contribution in [2.45, 2.75) is 82.5 Å². The predicted octanol–water partition coefficient (Wildman–Crippen LogP) is 13.1. The fraction of sp³-hybridized carbons (Fsp3) is 0.340. The van der Waals surface area contributed by atoms with Gasteiger partial charge in [0.05, 0.1) is 18.2 Å². The molecule has 0 spiro atoms. The second kappa shape index (κ2) is 16.5. The van der Waals surface area contributed by atoms with Crippen molar-refractivity contribution in [2.24, 2.45) is 34.6 Å². The Kier molecular flexibility index (Phi) is 11.2. The molecule has 0 bridgehead atoms. The van der Waals surface area contributed by atoms with Gasteiger partial charge in [-0.05, 0) is 77.7 Å². The highest BCUT2D eigenvalue weighted by atomic mass is 16.5. The monoisotopic (exact) mass is 723 g/mol. The first-order chi connectivity index (χ1) is 27.0. The minimum absolute atomic E-state index is 0.0807. The molecular formula is C53H57NO. The third-order valence-corrected chi connectivity index (χ3v) is 13.6. The SMILES string of the molecule is C=C[C@@H](/N=C(\C(=C)C(C)C(C)C1=CC=C(C2(c3ccccc3)C3C=CC=CC3OC3CCCCC32)CC1)C1CC=CC=C1c1ccccc1)c1ccccc1. The fourth-order valence-corrected chi connectivity index (χ4v) is 10.6. The van der Waals surface area contributed by atoms with Crippen molar-refractivity contribution >= 4 is 11.3 Å². The van der Waals surface area contributed by atoms with Gasteiger partial charge in [0.1, 0.15) is 0 Å². The average Bonchev–Trinajstić information content (AvgIpc) is 3.26. The molecule has 9 atom stereocenters. The lowest BCUT2D eigenvalue weighted by Gasteiger charge is -2.58. The van der Waals surface area contributed by atoms with Crippen molar-refractivity contribution in [1.29, 1.82) is 0 Å². The van der Waals surface area contributed by atoms with Gasteiger partial charge in [0.2, 0.25) is 0 Å². The van der Waals surface area contributed by atoms with E-state index in [1.165, 1.54) is 41.5 Å². The molecule has 0 N–H and O–H groups in total. The largest absolute Gasteiger partial charge is 0.370 e. The zero-order valence-electron chi connectivity index (χ0n) is 32.8. The minimum atomic E-state index is -0.150. The van der Waals surface area contributed by atoms with Crippen LogP contribution >= 0.6 is 0 Å². The van der Waals surface area contributed by atoms with Crippen LogP contribution in [0.1, 0.15) is 81.5 Å². The number of hydrogen-bond donors (Lipinski definition) is 0. The van der Waals surface area contributed by atoms with E-state index in [-0.39, 0.29) is 41.4 Å². The molecule has 1 saturated heterocycles. The maximum atomic E-state index is 6.93. The molecule has 2 fully saturated rings. The first-order valence-corrected chi connectivity index (χ1v) is 20.8. The van der Waals surface area contributed by atoms with Crippen LogP contribution in [0, 0.1) is 29.6 Å². The van der Waals surface area contributed by atoms with Crippen LogP contribution in [0.15, 0.2) is 187 Å². The van der Waals surface area contributed by atoms with E-state index in [4.69, 9.17) is 16.3 Å². The predicted molar refractivity (Wildman–Crippen MR) is 232 cm³/mol. The molecule has 1 aliphatic heterocycles. The first-order valence-electron chi connectivity index (χ1n) is 20.8. The highest BCUT2D eigenvalue weighted by Crippen LogP contribution is 2.59. The van der Waals surface area contributed by atoms with Gasteiger partial charge in [0.15, 0.2) is 0 Å². The quantitative estimate of drug-likeness (QED) is 0.143. The Hall–Kier alpha value is -4.79. The number of aliphatic imine (C=N–C) groups is 1. The van der Waals surface area contributed by atoms with Crippen molar-refractivity contribution in [3.05, 3.63) is 198 Å². The molecule has 2 nitrogen and oxygen atoms in total. The van der Waals surface area contributed by atoms with E-state index in [1.54, 1.807) is 5.57 Å². The lowest BCUT2D eigenvalue weighted by molar-refractivity contribution is -0.134. The summed E-state index contributed by atoms with van der Waals surface area (Å²) in [7, 11) is 0. The Morgan fingerprint density at radius 3 is 2.25 bits per heavy atom. The summed E-state index contributed by atoms with van der Waals surface area (Å²) in [5.41, 5.74) is 10.4. The second-order valence-corrected chi connectivity index (χ2v) is 16.4. The van der Waals surface area contributed by atoms with Crippen molar-refractivity contribution < 1.29 is 4.74 Å². The number of benzene rings is 3. The van der Waals surface area contributed by atoms with Gasteiger partial charge < -0.3 is 4.74 Å². The zero-order chi connectivity index (χ0) is 37.8. The van der Waals surface area contributed by atoms with Gasteiger partial charge in [0, 0.05) is 23.0 Å². The van der Waals surface area contributed by atoms with E-state index in [0.29, 0.717) is 11.8 Å². The Balaban J connectivity index is 1.15. The third kappa shape index (κ3) is 7.11. The molecule has 2 heteroatoms. The fourth-order valence-electron chi connectivity index (χ4n) is 10.6. The van der Waals surface area contributed by atoms with Gasteiger partial charge in [-0.3, -0.25) is 4.99 Å². The van der Waals surface area contributed by atoms with Gasteiger partial charge >= 0.3 is 0 Å². The smallest absolute Gasteiger partial charge is 0.0931 e.